The Kier molecular flexibility index (Phi) is 7.39. The van der Waals surface area contributed by atoms with E-state index in [4.69, 9.17) is 4.74 Å². The van der Waals surface area contributed by atoms with Gasteiger partial charge in [-0.1, -0.05) is 0 Å². The number of likely N-dealkylation sites (N-methyl/N-ethyl adjacent to an activating group) is 2. The fourth-order valence-corrected chi connectivity index (χ4v) is 4.26. The van der Waals surface area contributed by atoms with Crippen LogP contribution in [0.1, 0.15) is 0 Å². The third-order valence-corrected chi connectivity index (χ3v) is 6.51. The van der Waals surface area contributed by atoms with Gasteiger partial charge in [0, 0.05) is 40.3 Å². The summed E-state index contributed by atoms with van der Waals surface area (Å²) in [6.07, 6.45) is 0. The summed E-state index contributed by atoms with van der Waals surface area (Å²) in [6.45, 7) is 1.39. The van der Waals surface area contributed by atoms with Crippen molar-refractivity contribution in [1.29, 1.82) is 0 Å². The van der Waals surface area contributed by atoms with Crippen LogP contribution in [0.25, 0.3) is 0 Å². The van der Waals surface area contributed by atoms with Crippen LogP contribution in [0.15, 0.2) is 29.2 Å². The van der Waals surface area contributed by atoms with Crippen LogP contribution in [-0.2, 0) is 19.6 Å². The van der Waals surface area contributed by atoms with Gasteiger partial charge < -0.3 is 14.5 Å². The molecule has 0 aromatic heterocycles. The molecule has 0 N–H and O–H groups in total. The highest BCUT2D eigenvalue weighted by Gasteiger charge is 2.30. The van der Waals surface area contributed by atoms with E-state index in [1.54, 1.807) is 43.1 Å². The average molecular weight is 413 g/mol. The monoisotopic (exact) mass is 412 g/mol. The number of ether oxygens (including phenoxy) is 1. The van der Waals surface area contributed by atoms with Crippen LogP contribution < -0.4 is 4.74 Å². The van der Waals surface area contributed by atoms with Gasteiger partial charge in [0.25, 0.3) is 0 Å². The van der Waals surface area contributed by atoms with E-state index in [1.807, 2.05) is 0 Å². The van der Waals surface area contributed by atoms with Crippen LogP contribution in [0.3, 0.4) is 0 Å². The molecule has 0 radical (unpaired) electrons. The van der Waals surface area contributed by atoms with E-state index in [0.717, 1.165) is 0 Å². The maximum atomic E-state index is 12.8. The molecule has 2 amide bonds. The van der Waals surface area contributed by atoms with Gasteiger partial charge in [-0.25, -0.2) is 8.42 Å². The maximum Gasteiger partial charge on any atom is 0.243 e. The van der Waals surface area contributed by atoms with Crippen molar-refractivity contribution in [2.45, 2.75) is 4.90 Å². The highest BCUT2D eigenvalue weighted by Crippen LogP contribution is 2.20. The Hall–Kier alpha value is -2.17. The molecule has 1 fully saturated rings. The van der Waals surface area contributed by atoms with Crippen molar-refractivity contribution in [3.05, 3.63) is 24.3 Å². The van der Waals surface area contributed by atoms with E-state index in [-0.39, 0.29) is 42.9 Å². The van der Waals surface area contributed by atoms with Gasteiger partial charge in [0.1, 0.15) is 5.75 Å². The minimum absolute atomic E-state index is 0.0781. The Morgan fingerprint density at radius 2 is 1.57 bits per heavy atom. The molecule has 1 heterocycles. The number of amides is 2. The van der Waals surface area contributed by atoms with Gasteiger partial charge in [-0.2, -0.15) is 4.31 Å². The lowest BCUT2D eigenvalue weighted by Crippen LogP contribution is -2.52. The molecule has 1 aliphatic rings. The third-order valence-electron chi connectivity index (χ3n) is 4.60. The second-order valence-electron chi connectivity index (χ2n) is 6.92. The molecule has 0 saturated carbocycles. The number of benzene rings is 1. The van der Waals surface area contributed by atoms with Crippen molar-refractivity contribution in [2.24, 2.45) is 0 Å². The van der Waals surface area contributed by atoms with Gasteiger partial charge in [0.2, 0.25) is 21.8 Å². The van der Waals surface area contributed by atoms with E-state index in [0.29, 0.717) is 18.8 Å². The fraction of sp³-hybridized carbons (Fsp3) is 0.556. The van der Waals surface area contributed by atoms with Gasteiger partial charge in [-0.15, -0.1) is 0 Å². The highest BCUT2D eigenvalue weighted by atomic mass is 32.2. The number of carbonyl (C=O) groups is 2. The summed E-state index contributed by atoms with van der Waals surface area (Å²) in [6, 6.07) is 6.25. The Bertz CT molecular complexity index is 787. The van der Waals surface area contributed by atoms with Crippen molar-refractivity contribution >= 4 is 21.8 Å². The first-order valence-corrected chi connectivity index (χ1v) is 10.4. The Labute approximate surface area is 166 Å². The van der Waals surface area contributed by atoms with E-state index in [9.17, 15) is 18.0 Å². The van der Waals surface area contributed by atoms with E-state index >= 15 is 0 Å². The van der Waals surface area contributed by atoms with Crippen LogP contribution >= 0.6 is 0 Å². The molecule has 0 unspecified atom stereocenters. The molecular weight excluding hydrogens is 384 g/mol. The highest BCUT2D eigenvalue weighted by molar-refractivity contribution is 7.89. The van der Waals surface area contributed by atoms with Crippen molar-refractivity contribution in [2.75, 3.05) is 67.5 Å². The molecule has 28 heavy (non-hydrogen) atoms. The normalized spacial score (nSPS) is 15.5. The number of sulfonamides is 1. The molecule has 0 aliphatic carbocycles. The topological polar surface area (TPSA) is 90.5 Å². The summed E-state index contributed by atoms with van der Waals surface area (Å²) < 4.78 is 32.0. The third kappa shape index (κ3) is 5.43. The van der Waals surface area contributed by atoms with E-state index < -0.39 is 10.0 Å². The second-order valence-corrected chi connectivity index (χ2v) is 8.86. The van der Waals surface area contributed by atoms with Crippen LogP contribution in [0.4, 0.5) is 0 Å². The molecule has 1 aromatic carbocycles. The minimum Gasteiger partial charge on any atom is -0.497 e. The Balaban J connectivity index is 1.90. The molecule has 1 saturated heterocycles. The summed E-state index contributed by atoms with van der Waals surface area (Å²) in [5.74, 6) is 0.396. The zero-order chi connectivity index (χ0) is 20.9. The largest absolute Gasteiger partial charge is 0.497 e. The lowest BCUT2D eigenvalue weighted by molar-refractivity contribution is -0.135. The number of rotatable bonds is 7. The van der Waals surface area contributed by atoms with Crippen molar-refractivity contribution < 1.29 is 22.7 Å². The summed E-state index contributed by atoms with van der Waals surface area (Å²) in [5.41, 5.74) is 0. The second kappa shape index (κ2) is 9.35. The zero-order valence-electron chi connectivity index (χ0n) is 16.8. The number of hydrogen-bond donors (Lipinski definition) is 0. The zero-order valence-corrected chi connectivity index (χ0v) is 17.6. The number of methoxy groups -OCH3 is 1. The molecular formula is C18H28N4O5S. The summed E-state index contributed by atoms with van der Waals surface area (Å²) in [5, 5.41) is 0. The van der Waals surface area contributed by atoms with Crippen molar-refractivity contribution in [1.82, 2.24) is 19.0 Å². The smallest absolute Gasteiger partial charge is 0.243 e. The van der Waals surface area contributed by atoms with Crippen LogP contribution in [0, 0.1) is 0 Å². The molecule has 0 atom stereocenters. The molecule has 0 spiro atoms. The van der Waals surface area contributed by atoms with Crippen molar-refractivity contribution in [3.8, 4) is 5.75 Å². The SMILES string of the molecule is COc1ccc(S(=O)(=O)N2CCN(C(=O)CN(C)CC(=O)N(C)C)CC2)cc1. The lowest BCUT2D eigenvalue weighted by atomic mass is 10.3. The fourth-order valence-electron chi connectivity index (χ4n) is 2.83. The molecule has 1 aliphatic heterocycles. The van der Waals surface area contributed by atoms with Crippen molar-refractivity contribution in [3.63, 3.8) is 0 Å². The first kappa shape index (κ1) is 22.1. The Morgan fingerprint density at radius 1 is 1.00 bits per heavy atom. The first-order valence-electron chi connectivity index (χ1n) is 8.96. The van der Waals surface area contributed by atoms with Gasteiger partial charge in [0.05, 0.1) is 25.1 Å². The molecule has 1 aromatic rings. The predicted octanol–water partition coefficient (Wildman–Crippen LogP) is -0.452. The first-order chi connectivity index (χ1) is 13.1. The summed E-state index contributed by atoms with van der Waals surface area (Å²) in [4.78, 5) is 29.1. The van der Waals surface area contributed by atoms with E-state index in [1.165, 1.54) is 28.4 Å². The number of hydrogen-bond acceptors (Lipinski definition) is 6. The molecule has 9 nitrogen and oxygen atoms in total. The van der Waals surface area contributed by atoms with Gasteiger partial charge in [-0.05, 0) is 31.3 Å². The summed E-state index contributed by atoms with van der Waals surface area (Å²) in [7, 11) is 2.96. The maximum absolute atomic E-state index is 12.8. The number of piperazine rings is 1. The van der Waals surface area contributed by atoms with Crippen LogP contribution in [0.2, 0.25) is 0 Å². The molecule has 156 valence electrons. The van der Waals surface area contributed by atoms with Gasteiger partial charge in [0.15, 0.2) is 0 Å². The van der Waals surface area contributed by atoms with E-state index in [2.05, 4.69) is 0 Å². The minimum atomic E-state index is -3.61. The van der Waals surface area contributed by atoms with Gasteiger partial charge >= 0.3 is 0 Å². The Morgan fingerprint density at radius 3 is 2.07 bits per heavy atom. The average Bonchev–Trinajstić information content (AvgIpc) is 2.67. The number of nitrogens with zero attached hydrogens (tertiary/aromatic N) is 4. The standard InChI is InChI=1S/C18H28N4O5S/c1-19(2)17(23)13-20(3)14-18(24)21-9-11-22(12-10-21)28(25,26)16-7-5-15(27-4)6-8-16/h5-8H,9-14H2,1-4H3. The number of carbonyl (C=O) groups excluding carboxylic acids is 2. The van der Waals surface area contributed by atoms with Gasteiger partial charge in [-0.3, -0.25) is 14.5 Å². The van der Waals surface area contributed by atoms with Crippen LogP contribution in [0.5, 0.6) is 5.75 Å². The molecule has 0 bridgehead atoms. The summed E-state index contributed by atoms with van der Waals surface area (Å²) >= 11 is 0. The predicted molar refractivity (Wildman–Crippen MR) is 105 cm³/mol. The van der Waals surface area contributed by atoms with Crippen LogP contribution in [-0.4, -0.2) is 107 Å². The lowest BCUT2D eigenvalue weighted by Gasteiger charge is -2.34. The quantitative estimate of drug-likeness (QED) is 0.603. The molecule has 10 heteroatoms. The molecule has 2 rings (SSSR count).